The number of ether oxygens (including phenoxy) is 2. The zero-order chi connectivity index (χ0) is 28.1. The molecule has 3 aromatic rings. The summed E-state index contributed by atoms with van der Waals surface area (Å²) in [5.74, 6) is 4.50. The van der Waals surface area contributed by atoms with Crippen LogP contribution in [-0.4, -0.2) is 19.8 Å². The third-order valence-corrected chi connectivity index (χ3v) is 6.92. The Morgan fingerprint density at radius 2 is 1.15 bits per heavy atom. The first-order valence-corrected chi connectivity index (χ1v) is 14.7. The fourth-order valence-corrected chi connectivity index (χ4v) is 4.68. The van der Waals surface area contributed by atoms with E-state index >= 15 is 0 Å². The maximum atomic E-state index is 8.28. The predicted octanol–water partition coefficient (Wildman–Crippen LogP) is 9.08. The number of benzene rings is 3. The van der Waals surface area contributed by atoms with E-state index in [-0.39, 0.29) is 0 Å². The van der Waals surface area contributed by atoms with Crippen molar-refractivity contribution in [1.82, 2.24) is 0 Å². The molecule has 0 spiro atoms. The van der Waals surface area contributed by atoms with Crippen molar-refractivity contribution >= 4 is 0 Å². The van der Waals surface area contributed by atoms with Crippen molar-refractivity contribution in [1.29, 1.82) is 0 Å². The van der Waals surface area contributed by atoms with Crippen LogP contribution in [0.1, 0.15) is 73.6 Å². The number of unbranched alkanes of at least 4 members (excludes halogenated alkanes) is 4. The average molecular weight is 538 g/mol. The summed E-state index contributed by atoms with van der Waals surface area (Å²) in [6.07, 6.45) is 17.7. The molecule has 0 fully saturated rings. The molecule has 3 aromatic carbocycles. The second-order valence-corrected chi connectivity index (χ2v) is 10.2. The maximum Gasteiger partial charge on any atom is 0.119 e. The van der Waals surface area contributed by atoms with Crippen LogP contribution < -0.4 is 9.47 Å². The molecule has 210 valence electrons. The van der Waals surface area contributed by atoms with Crippen molar-refractivity contribution < 1.29 is 9.47 Å². The lowest BCUT2D eigenvalue weighted by Crippen LogP contribution is -1.98. The molecule has 0 saturated heterocycles. The fourth-order valence-electron chi connectivity index (χ4n) is 4.68. The molecule has 3 rings (SSSR count). The highest BCUT2D eigenvalue weighted by Gasteiger charge is 2.02. The van der Waals surface area contributed by atoms with Crippen molar-refractivity contribution in [2.45, 2.75) is 77.0 Å². The molecule has 0 N–H and O–H groups in total. The van der Waals surface area contributed by atoms with Crippen molar-refractivity contribution in [3.63, 3.8) is 0 Å². The third-order valence-electron chi connectivity index (χ3n) is 6.92. The molecule has 0 amide bonds. The number of rotatable bonds is 20. The quantitative estimate of drug-likeness (QED) is 0.0474. The summed E-state index contributed by atoms with van der Waals surface area (Å²) >= 11 is 0. The molecule has 0 bridgehead atoms. The monoisotopic (exact) mass is 537 g/mol. The number of aryl methyl sites for hydroxylation is 4. The van der Waals surface area contributed by atoms with Crippen LogP contribution in [0.25, 0.3) is 10.4 Å². The average Bonchev–Trinajstić information content (AvgIpc) is 2.98. The molecule has 0 aliphatic rings. The molecular weight excluding hydrogens is 494 g/mol. The second kappa shape index (κ2) is 19.2. The minimum atomic E-state index is 0.590. The summed E-state index contributed by atoms with van der Waals surface area (Å²) in [4.78, 5) is 2.78. The Kier molecular flexibility index (Phi) is 14.7. The largest absolute Gasteiger partial charge is 0.494 e. The van der Waals surface area contributed by atoms with Gasteiger partial charge in [0.1, 0.15) is 11.5 Å². The molecule has 0 heterocycles. The van der Waals surface area contributed by atoms with E-state index in [0.717, 1.165) is 95.2 Å². The van der Waals surface area contributed by atoms with Crippen LogP contribution in [0.2, 0.25) is 0 Å². The molecule has 5 nitrogen and oxygen atoms in total. The minimum absolute atomic E-state index is 0.590. The van der Waals surface area contributed by atoms with Gasteiger partial charge >= 0.3 is 0 Å². The Bertz CT molecular complexity index is 1190. The third kappa shape index (κ3) is 12.8. The molecule has 0 atom stereocenters. The van der Waals surface area contributed by atoms with E-state index in [1.807, 2.05) is 0 Å². The van der Waals surface area contributed by atoms with Gasteiger partial charge in [0.2, 0.25) is 0 Å². The molecule has 0 saturated carbocycles. The van der Waals surface area contributed by atoms with Crippen LogP contribution in [0.4, 0.5) is 0 Å². The maximum absolute atomic E-state index is 8.28. The number of terminal acetylenes is 1. The van der Waals surface area contributed by atoms with Crippen molar-refractivity contribution in [3.05, 3.63) is 105 Å². The van der Waals surface area contributed by atoms with Gasteiger partial charge in [-0.1, -0.05) is 66.5 Å². The van der Waals surface area contributed by atoms with E-state index in [0.29, 0.717) is 13.2 Å². The van der Waals surface area contributed by atoms with E-state index in [9.17, 15) is 0 Å². The number of hydrogen-bond acceptors (Lipinski definition) is 3. The molecule has 40 heavy (non-hydrogen) atoms. The Morgan fingerprint density at radius 3 is 1.70 bits per heavy atom. The van der Waals surface area contributed by atoms with Gasteiger partial charge in [-0.05, 0) is 110 Å². The molecule has 0 aliphatic heterocycles. The van der Waals surface area contributed by atoms with Crippen LogP contribution >= 0.6 is 0 Å². The molecule has 5 heteroatoms. The first-order chi connectivity index (χ1) is 19.8. The highest BCUT2D eigenvalue weighted by atomic mass is 16.5. The lowest BCUT2D eigenvalue weighted by Gasteiger charge is -2.09. The molecule has 0 aromatic heterocycles. The highest BCUT2D eigenvalue weighted by Crippen LogP contribution is 2.18. The topological polar surface area (TPSA) is 67.2 Å². The van der Waals surface area contributed by atoms with Gasteiger partial charge in [0.05, 0.1) is 13.2 Å². The van der Waals surface area contributed by atoms with Gasteiger partial charge in [-0.3, -0.25) is 0 Å². The van der Waals surface area contributed by atoms with Gasteiger partial charge in [-0.2, -0.15) is 0 Å². The van der Waals surface area contributed by atoms with Gasteiger partial charge < -0.3 is 9.47 Å². The Hall–Kier alpha value is -3.87. The Labute approximate surface area is 240 Å². The van der Waals surface area contributed by atoms with E-state index in [1.54, 1.807) is 0 Å². The van der Waals surface area contributed by atoms with E-state index in [1.165, 1.54) is 22.3 Å². The predicted molar refractivity (Wildman–Crippen MR) is 165 cm³/mol. The lowest BCUT2D eigenvalue weighted by molar-refractivity contribution is 0.304. The SMILES string of the molecule is C#CCCCOc1ccc(CCCc2cccc(CCCc3ccc(OCCCCCCN=[N+]=[N-])cc3)c2)cc1. The first kappa shape index (κ1) is 30.7. The Morgan fingerprint density at radius 1 is 0.625 bits per heavy atom. The van der Waals surface area contributed by atoms with Crippen molar-refractivity contribution in [2.24, 2.45) is 5.11 Å². The van der Waals surface area contributed by atoms with E-state index < -0.39 is 0 Å². The minimum Gasteiger partial charge on any atom is -0.494 e. The van der Waals surface area contributed by atoms with Crippen LogP contribution in [0.15, 0.2) is 77.9 Å². The lowest BCUT2D eigenvalue weighted by atomic mass is 9.99. The zero-order valence-corrected chi connectivity index (χ0v) is 23.8. The number of nitrogens with zero attached hydrogens (tertiary/aromatic N) is 3. The Balaban J connectivity index is 1.29. The molecule has 0 aliphatic carbocycles. The summed E-state index contributed by atoms with van der Waals surface area (Å²) in [5.41, 5.74) is 13.8. The van der Waals surface area contributed by atoms with Crippen molar-refractivity contribution in [3.8, 4) is 23.8 Å². The summed E-state index contributed by atoms with van der Waals surface area (Å²) < 4.78 is 11.6. The summed E-state index contributed by atoms with van der Waals surface area (Å²) in [6, 6.07) is 26.1. The van der Waals surface area contributed by atoms with Crippen LogP contribution in [-0.2, 0) is 25.7 Å². The van der Waals surface area contributed by atoms with E-state index in [4.69, 9.17) is 21.4 Å². The summed E-state index contributed by atoms with van der Waals surface area (Å²) in [5, 5.41) is 3.56. The van der Waals surface area contributed by atoms with Crippen LogP contribution in [0, 0.1) is 12.3 Å². The normalized spacial score (nSPS) is 10.5. The fraction of sp³-hybridized carbons (Fsp3) is 0.429. The van der Waals surface area contributed by atoms with E-state index in [2.05, 4.69) is 88.7 Å². The highest BCUT2D eigenvalue weighted by molar-refractivity contribution is 5.29. The zero-order valence-electron chi connectivity index (χ0n) is 23.8. The molecular formula is C35H43N3O2. The standard InChI is InChI=1S/C35H43N3O2/c1-2-3-7-27-39-34-22-18-30(19-23-34)12-9-14-32-16-11-17-33(29-32)15-10-13-31-20-24-35(25-21-31)40-28-8-5-4-6-26-37-38-36/h1,11,16-25,29H,3-10,12-15,26-28H2. The van der Waals surface area contributed by atoms with Crippen LogP contribution in [0.5, 0.6) is 11.5 Å². The second-order valence-electron chi connectivity index (χ2n) is 10.2. The molecule has 0 radical (unpaired) electrons. The van der Waals surface area contributed by atoms with Gasteiger partial charge in [0, 0.05) is 17.9 Å². The smallest absolute Gasteiger partial charge is 0.119 e. The number of azide groups is 1. The van der Waals surface area contributed by atoms with Gasteiger partial charge in [-0.25, -0.2) is 0 Å². The van der Waals surface area contributed by atoms with Crippen molar-refractivity contribution in [2.75, 3.05) is 19.8 Å². The summed E-state index contributed by atoms with van der Waals surface area (Å²) in [7, 11) is 0. The van der Waals surface area contributed by atoms with Gasteiger partial charge in [0.25, 0.3) is 0 Å². The first-order valence-electron chi connectivity index (χ1n) is 14.7. The van der Waals surface area contributed by atoms with Gasteiger partial charge in [-0.15, -0.1) is 12.3 Å². The molecule has 0 unspecified atom stereocenters. The van der Waals surface area contributed by atoms with Crippen LogP contribution in [0.3, 0.4) is 0 Å². The summed E-state index contributed by atoms with van der Waals surface area (Å²) in [6.45, 7) is 1.99. The van der Waals surface area contributed by atoms with Gasteiger partial charge in [0.15, 0.2) is 0 Å². The number of hydrogen-bond donors (Lipinski definition) is 0.